The summed E-state index contributed by atoms with van der Waals surface area (Å²) in [7, 11) is 0. The van der Waals surface area contributed by atoms with E-state index in [4.69, 9.17) is 0 Å². The van der Waals surface area contributed by atoms with E-state index in [1.54, 1.807) is 0 Å². The lowest BCUT2D eigenvalue weighted by Crippen LogP contribution is -2.21. The summed E-state index contributed by atoms with van der Waals surface area (Å²) in [4.78, 5) is 22.2. The molecule has 0 radical (unpaired) electrons. The van der Waals surface area contributed by atoms with Crippen LogP contribution in [-0.4, -0.2) is 11.8 Å². The average Bonchev–Trinajstić information content (AvgIpc) is 2.79. The van der Waals surface area contributed by atoms with Crippen molar-refractivity contribution >= 4 is 11.8 Å². The van der Waals surface area contributed by atoms with Gasteiger partial charge in [-0.25, -0.2) is 0 Å². The molecule has 1 fully saturated rings. The highest BCUT2D eigenvalue weighted by Crippen LogP contribution is 2.35. The van der Waals surface area contributed by atoms with Crippen molar-refractivity contribution in [3.05, 3.63) is 12.2 Å². The van der Waals surface area contributed by atoms with Gasteiger partial charge in [-0.3, -0.25) is 4.79 Å². The summed E-state index contributed by atoms with van der Waals surface area (Å²) in [6.07, 6.45) is 14.5. The van der Waals surface area contributed by atoms with Crippen molar-refractivity contribution in [3.63, 3.8) is 0 Å². The Hall–Kier alpha value is -1.12. The summed E-state index contributed by atoms with van der Waals surface area (Å²) in [5.41, 5.74) is 0. The Balaban J connectivity index is 2.13. The van der Waals surface area contributed by atoms with E-state index in [1.807, 2.05) is 0 Å². The number of allylic oxidation sites excluding steroid dienone is 2. The van der Waals surface area contributed by atoms with Crippen LogP contribution >= 0.6 is 0 Å². The van der Waals surface area contributed by atoms with E-state index in [0.717, 1.165) is 64.2 Å². The molecule has 0 aromatic rings. The Morgan fingerprint density at radius 1 is 1.19 bits per heavy atom. The molecule has 0 saturated heterocycles. The molecular formula is C18H29O3-. The molecule has 1 aliphatic carbocycles. The second-order valence-electron chi connectivity index (χ2n) is 6.17. The van der Waals surface area contributed by atoms with Gasteiger partial charge in [0.25, 0.3) is 0 Å². The minimum Gasteiger partial charge on any atom is -0.550 e. The molecule has 0 spiro atoms. The average molecular weight is 293 g/mol. The highest BCUT2D eigenvalue weighted by atomic mass is 16.4. The first kappa shape index (κ1) is 17.9. The molecule has 0 aromatic heterocycles. The van der Waals surface area contributed by atoms with Crippen molar-refractivity contribution in [1.82, 2.24) is 0 Å². The fourth-order valence-electron chi connectivity index (χ4n) is 3.26. The van der Waals surface area contributed by atoms with Crippen molar-refractivity contribution in [1.29, 1.82) is 0 Å². The SMILES string of the molecule is CC/C=C\C[C@@H]1C(=O)CC[C@@H]1CCCCCCCC(=O)[O-]. The molecule has 120 valence electrons. The van der Waals surface area contributed by atoms with Crippen LogP contribution in [0.25, 0.3) is 0 Å². The molecule has 0 N–H and O–H groups in total. The molecule has 0 heterocycles. The number of carboxylic acid groups (broad SMARTS) is 1. The first-order chi connectivity index (χ1) is 10.1. The van der Waals surface area contributed by atoms with Crippen LogP contribution in [0.1, 0.15) is 77.6 Å². The Morgan fingerprint density at radius 2 is 1.90 bits per heavy atom. The molecule has 2 atom stereocenters. The maximum absolute atomic E-state index is 11.9. The number of carbonyl (C=O) groups excluding carboxylic acids is 2. The van der Waals surface area contributed by atoms with Crippen LogP contribution in [0.15, 0.2) is 12.2 Å². The fourth-order valence-corrected chi connectivity index (χ4v) is 3.26. The zero-order valence-corrected chi connectivity index (χ0v) is 13.3. The zero-order valence-electron chi connectivity index (χ0n) is 13.3. The third-order valence-corrected chi connectivity index (χ3v) is 4.49. The van der Waals surface area contributed by atoms with Crippen LogP contribution in [-0.2, 0) is 9.59 Å². The molecular weight excluding hydrogens is 264 g/mol. The van der Waals surface area contributed by atoms with E-state index in [0.29, 0.717) is 11.7 Å². The van der Waals surface area contributed by atoms with Gasteiger partial charge in [-0.15, -0.1) is 0 Å². The summed E-state index contributed by atoms with van der Waals surface area (Å²) in [5, 5.41) is 10.3. The molecule has 21 heavy (non-hydrogen) atoms. The van der Waals surface area contributed by atoms with E-state index in [-0.39, 0.29) is 12.3 Å². The minimum absolute atomic E-state index is 0.183. The molecule has 0 unspecified atom stereocenters. The Kier molecular flexibility index (Phi) is 9.04. The largest absolute Gasteiger partial charge is 0.550 e. The molecule has 0 bridgehead atoms. The lowest BCUT2D eigenvalue weighted by atomic mass is 9.87. The van der Waals surface area contributed by atoms with Gasteiger partial charge in [0.2, 0.25) is 0 Å². The van der Waals surface area contributed by atoms with Gasteiger partial charge in [-0.2, -0.15) is 0 Å². The van der Waals surface area contributed by atoms with Gasteiger partial charge in [0.05, 0.1) is 0 Å². The van der Waals surface area contributed by atoms with Gasteiger partial charge in [0.1, 0.15) is 5.78 Å². The maximum atomic E-state index is 11.9. The summed E-state index contributed by atoms with van der Waals surface area (Å²) in [6, 6.07) is 0. The Bertz CT molecular complexity index is 346. The maximum Gasteiger partial charge on any atom is 0.136 e. The highest BCUT2D eigenvalue weighted by molar-refractivity contribution is 5.83. The van der Waals surface area contributed by atoms with Gasteiger partial charge >= 0.3 is 0 Å². The molecule has 3 nitrogen and oxygen atoms in total. The zero-order chi connectivity index (χ0) is 15.5. The second kappa shape index (κ2) is 10.6. The number of Topliss-reactive ketones (excluding diaryl/α,β-unsaturated/α-hetero) is 1. The Morgan fingerprint density at radius 3 is 2.62 bits per heavy atom. The lowest BCUT2D eigenvalue weighted by molar-refractivity contribution is -0.305. The lowest BCUT2D eigenvalue weighted by Gasteiger charge is -2.16. The molecule has 1 rings (SSSR count). The van der Waals surface area contributed by atoms with E-state index >= 15 is 0 Å². The van der Waals surface area contributed by atoms with Crippen molar-refractivity contribution in [2.45, 2.75) is 77.6 Å². The quantitative estimate of drug-likeness (QED) is 0.433. The predicted molar refractivity (Wildman–Crippen MR) is 82.6 cm³/mol. The van der Waals surface area contributed by atoms with Gasteiger partial charge in [0.15, 0.2) is 0 Å². The number of carbonyl (C=O) groups is 2. The summed E-state index contributed by atoms with van der Waals surface area (Å²) in [6.45, 7) is 2.12. The monoisotopic (exact) mass is 293 g/mol. The number of hydrogen-bond acceptors (Lipinski definition) is 3. The molecule has 1 saturated carbocycles. The summed E-state index contributed by atoms with van der Waals surface area (Å²) < 4.78 is 0. The smallest absolute Gasteiger partial charge is 0.136 e. The van der Waals surface area contributed by atoms with Gasteiger partial charge in [0, 0.05) is 18.3 Å². The predicted octanol–water partition coefficient (Wildman–Crippen LogP) is 3.42. The van der Waals surface area contributed by atoms with Crippen LogP contribution in [0.5, 0.6) is 0 Å². The van der Waals surface area contributed by atoms with Crippen molar-refractivity contribution in [3.8, 4) is 0 Å². The minimum atomic E-state index is -0.942. The first-order valence-corrected chi connectivity index (χ1v) is 8.52. The van der Waals surface area contributed by atoms with E-state index < -0.39 is 5.97 Å². The number of rotatable bonds is 11. The number of unbranched alkanes of at least 4 members (excludes halogenated alkanes) is 4. The van der Waals surface area contributed by atoms with Crippen LogP contribution in [0.4, 0.5) is 0 Å². The van der Waals surface area contributed by atoms with E-state index in [2.05, 4.69) is 19.1 Å². The number of aliphatic carboxylic acids is 1. The third-order valence-electron chi connectivity index (χ3n) is 4.49. The van der Waals surface area contributed by atoms with Gasteiger partial charge in [-0.1, -0.05) is 44.8 Å². The van der Waals surface area contributed by atoms with Crippen LogP contribution < -0.4 is 5.11 Å². The normalized spacial score (nSPS) is 22.2. The fraction of sp³-hybridized carbons (Fsp3) is 0.778. The number of ketones is 1. The second-order valence-corrected chi connectivity index (χ2v) is 6.17. The summed E-state index contributed by atoms with van der Waals surface area (Å²) in [5.74, 6) is 0.338. The third kappa shape index (κ3) is 7.45. The molecule has 0 amide bonds. The Labute approximate surface area is 128 Å². The molecule has 1 aliphatic rings. The summed E-state index contributed by atoms with van der Waals surface area (Å²) >= 11 is 0. The standard InChI is InChI=1S/C18H30O3/c1-2-3-7-11-16-15(13-14-17(16)19)10-8-5-4-6-9-12-18(20)21/h3,7,15-16H,2,4-6,8-14H2,1H3,(H,20,21)/p-1/b7-3-/t15-,16-/m0/s1. The van der Waals surface area contributed by atoms with Crippen molar-refractivity contribution < 1.29 is 14.7 Å². The van der Waals surface area contributed by atoms with Gasteiger partial charge in [-0.05, 0) is 44.4 Å². The first-order valence-electron chi connectivity index (χ1n) is 8.52. The van der Waals surface area contributed by atoms with Gasteiger partial charge < -0.3 is 9.90 Å². The number of hydrogen-bond donors (Lipinski definition) is 0. The van der Waals surface area contributed by atoms with E-state index in [9.17, 15) is 14.7 Å². The van der Waals surface area contributed by atoms with Crippen LogP contribution in [0.2, 0.25) is 0 Å². The molecule has 3 heteroatoms. The van der Waals surface area contributed by atoms with Crippen LogP contribution in [0.3, 0.4) is 0 Å². The molecule has 0 aliphatic heterocycles. The molecule has 0 aromatic carbocycles. The highest BCUT2D eigenvalue weighted by Gasteiger charge is 2.32. The topological polar surface area (TPSA) is 57.2 Å². The van der Waals surface area contributed by atoms with Crippen molar-refractivity contribution in [2.75, 3.05) is 0 Å². The number of carboxylic acids is 1. The van der Waals surface area contributed by atoms with Crippen LogP contribution in [0, 0.1) is 11.8 Å². The van der Waals surface area contributed by atoms with E-state index in [1.165, 1.54) is 0 Å². The van der Waals surface area contributed by atoms with Crippen molar-refractivity contribution in [2.24, 2.45) is 11.8 Å².